The van der Waals surface area contributed by atoms with E-state index in [1.807, 2.05) is 6.07 Å². The Bertz CT molecular complexity index is 495. The molecule has 0 saturated carbocycles. The SMILES string of the molecule is CC1(c2ccc(-c3ccccc3)cc2)COC1. The van der Waals surface area contributed by atoms with Crippen LogP contribution in [0.3, 0.4) is 0 Å². The Kier molecular flexibility index (Phi) is 2.49. The van der Waals surface area contributed by atoms with Crippen LogP contribution in [0.1, 0.15) is 12.5 Å². The number of ether oxygens (including phenoxy) is 1. The molecule has 2 aromatic carbocycles. The Balaban J connectivity index is 1.90. The van der Waals surface area contributed by atoms with Crippen molar-refractivity contribution in [2.24, 2.45) is 0 Å². The Morgan fingerprint density at radius 2 is 1.41 bits per heavy atom. The standard InChI is InChI=1S/C16H16O/c1-16(11-17-12-16)15-9-7-14(8-10-15)13-5-3-2-4-6-13/h2-10H,11-12H2,1H3. The van der Waals surface area contributed by atoms with Crippen molar-refractivity contribution in [3.05, 3.63) is 60.2 Å². The number of rotatable bonds is 2. The maximum atomic E-state index is 5.31. The van der Waals surface area contributed by atoms with Crippen molar-refractivity contribution in [1.29, 1.82) is 0 Å². The van der Waals surface area contributed by atoms with Gasteiger partial charge in [0.05, 0.1) is 13.2 Å². The third-order valence-electron chi connectivity index (χ3n) is 3.53. The van der Waals surface area contributed by atoms with Gasteiger partial charge in [-0.25, -0.2) is 0 Å². The maximum Gasteiger partial charge on any atom is 0.0582 e. The van der Waals surface area contributed by atoms with E-state index in [4.69, 9.17) is 4.74 Å². The van der Waals surface area contributed by atoms with Gasteiger partial charge in [-0.15, -0.1) is 0 Å². The fourth-order valence-corrected chi connectivity index (χ4v) is 2.27. The molecule has 0 bridgehead atoms. The highest BCUT2D eigenvalue weighted by Crippen LogP contribution is 2.32. The molecule has 1 aliphatic heterocycles. The highest BCUT2D eigenvalue weighted by Gasteiger charge is 2.34. The summed E-state index contributed by atoms with van der Waals surface area (Å²) in [6, 6.07) is 19.3. The summed E-state index contributed by atoms with van der Waals surface area (Å²) in [5.41, 5.74) is 4.16. The lowest BCUT2D eigenvalue weighted by atomic mass is 9.80. The second-order valence-electron chi connectivity index (χ2n) is 5.00. The molecule has 17 heavy (non-hydrogen) atoms. The van der Waals surface area contributed by atoms with Crippen LogP contribution in [0.25, 0.3) is 11.1 Å². The zero-order valence-electron chi connectivity index (χ0n) is 10.0. The van der Waals surface area contributed by atoms with E-state index in [9.17, 15) is 0 Å². The lowest BCUT2D eigenvalue weighted by Crippen LogP contribution is -2.43. The molecule has 0 atom stereocenters. The predicted octanol–water partition coefficient (Wildman–Crippen LogP) is 3.64. The summed E-state index contributed by atoms with van der Waals surface area (Å²) in [5, 5.41) is 0. The molecule has 0 radical (unpaired) electrons. The summed E-state index contributed by atoms with van der Waals surface area (Å²) in [6.45, 7) is 3.95. The van der Waals surface area contributed by atoms with Gasteiger partial charge in [0.2, 0.25) is 0 Å². The number of hydrogen-bond acceptors (Lipinski definition) is 1. The quantitative estimate of drug-likeness (QED) is 0.756. The minimum Gasteiger partial charge on any atom is -0.379 e. The monoisotopic (exact) mass is 224 g/mol. The van der Waals surface area contributed by atoms with Gasteiger partial charge in [-0.1, -0.05) is 61.5 Å². The van der Waals surface area contributed by atoms with E-state index >= 15 is 0 Å². The van der Waals surface area contributed by atoms with Crippen molar-refractivity contribution < 1.29 is 4.74 Å². The third kappa shape index (κ3) is 1.87. The molecule has 0 aromatic heterocycles. The van der Waals surface area contributed by atoms with Crippen LogP contribution in [0.5, 0.6) is 0 Å². The van der Waals surface area contributed by atoms with Gasteiger partial charge in [0.15, 0.2) is 0 Å². The average Bonchev–Trinajstić information content (AvgIpc) is 2.37. The molecule has 0 unspecified atom stereocenters. The average molecular weight is 224 g/mol. The Hall–Kier alpha value is -1.60. The lowest BCUT2D eigenvalue weighted by molar-refractivity contribution is -0.0500. The van der Waals surface area contributed by atoms with Crippen LogP contribution < -0.4 is 0 Å². The van der Waals surface area contributed by atoms with Crippen LogP contribution in [0.15, 0.2) is 54.6 Å². The van der Waals surface area contributed by atoms with Gasteiger partial charge < -0.3 is 4.74 Å². The van der Waals surface area contributed by atoms with E-state index in [-0.39, 0.29) is 5.41 Å². The maximum absolute atomic E-state index is 5.31. The van der Waals surface area contributed by atoms with E-state index in [0.29, 0.717) is 0 Å². The topological polar surface area (TPSA) is 9.23 Å². The highest BCUT2D eigenvalue weighted by molar-refractivity contribution is 5.63. The molecule has 0 spiro atoms. The summed E-state index contributed by atoms with van der Waals surface area (Å²) in [6.07, 6.45) is 0. The smallest absolute Gasteiger partial charge is 0.0582 e. The Morgan fingerprint density at radius 1 is 0.824 bits per heavy atom. The van der Waals surface area contributed by atoms with Gasteiger partial charge in [0.25, 0.3) is 0 Å². The molecule has 1 aliphatic rings. The molecule has 0 aliphatic carbocycles. The summed E-state index contributed by atoms with van der Waals surface area (Å²) in [5.74, 6) is 0. The second kappa shape index (κ2) is 4.01. The third-order valence-corrected chi connectivity index (χ3v) is 3.53. The van der Waals surface area contributed by atoms with Gasteiger partial charge in [-0.05, 0) is 16.7 Å². The molecule has 1 heteroatoms. The summed E-state index contributed by atoms with van der Waals surface area (Å²) < 4.78 is 5.31. The molecule has 1 saturated heterocycles. The molecule has 1 fully saturated rings. The molecule has 1 nitrogen and oxygen atoms in total. The molecule has 0 amide bonds. The largest absolute Gasteiger partial charge is 0.379 e. The van der Waals surface area contributed by atoms with Crippen molar-refractivity contribution in [3.8, 4) is 11.1 Å². The highest BCUT2D eigenvalue weighted by atomic mass is 16.5. The van der Waals surface area contributed by atoms with E-state index in [1.54, 1.807) is 0 Å². The molecule has 86 valence electrons. The molecule has 1 heterocycles. The first-order valence-electron chi connectivity index (χ1n) is 6.02. The van der Waals surface area contributed by atoms with Crippen LogP contribution >= 0.6 is 0 Å². The van der Waals surface area contributed by atoms with Crippen molar-refractivity contribution in [2.75, 3.05) is 13.2 Å². The summed E-state index contributed by atoms with van der Waals surface area (Å²) in [4.78, 5) is 0. The Labute approximate surface area is 102 Å². The van der Waals surface area contributed by atoms with E-state index in [1.165, 1.54) is 16.7 Å². The fourth-order valence-electron chi connectivity index (χ4n) is 2.27. The van der Waals surface area contributed by atoms with Gasteiger partial charge >= 0.3 is 0 Å². The van der Waals surface area contributed by atoms with Crippen molar-refractivity contribution in [2.45, 2.75) is 12.3 Å². The normalized spacial score (nSPS) is 17.5. The molecule has 0 N–H and O–H groups in total. The summed E-state index contributed by atoms with van der Waals surface area (Å²) in [7, 11) is 0. The van der Waals surface area contributed by atoms with Crippen molar-refractivity contribution in [1.82, 2.24) is 0 Å². The van der Waals surface area contributed by atoms with Gasteiger partial charge in [-0.3, -0.25) is 0 Å². The van der Waals surface area contributed by atoms with Crippen LogP contribution in [0.2, 0.25) is 0 Å². The first kappa shape index (κ1) is 10.5. The van der Waals surface area contributed by atoms with Crippen LogP contribution in [0, 0.1) is 0 Å². The zero-order valence-corrected chi connectivity index (χ0v) is 10.0. The Morgan fingerprint density at radius 3 is 1.94 bits per heavy atom. The van der Waals surface area contributed by atoms with E-state index < -0.39 is 0 Å². The van der Waals surface area contributed by atoms with Gasteiger partial charge in [0, 0.05) is 5.41 Å². The van der Waals surface area contributed by atoms with Crippen molar-refractivity contribution >= 4 is 0 Å². The van der Waals surface area contributed by atoms with Gasteiger partial charge in [0.1, 0.15) is 0 Å². The van der Waals surface area contributed by atoms with Crippen LogP contribution in [0.4, 0.5) is 0 Å². The van der Waals surface area contributed by atoms with Crippen LogP contribution in [-0.4, -0.2) is 13.2 Å². The lowest BCUT2D eigenvalue weighted by Gasteiger charge is -2.38. The minimum absolute atomic E-state index is 0.231. The first-order valence-corrected chi connectivity index (χ1v) is 6.02. The van der Waals surface area contributed by atoms with Crippen molar-refractivity contribution in [3.63, 3.8) is 0 Å². The number of benzene rings is 2. The van der Waals surface area contributed by atoms with E-state index in [0.717, 1.165) is 13.2 Å². The second-order valence-corrected chi connectivity index (χ2v) is 5.00. The predicted molar refractivity (Wildman–Crippen MR) is 70.0 cm³/mol. The van der Waals surface area contributed by atoms with Gasteiger partial charge in [-0.2, -0.15) is 0 Å². The first-order chi connectivity index (χ1) is 8.28. The minimum atomic E-state index is 0.231. The summed E-state index contributed by atoms with van der Waals surface area (Å²) >= 11 is 0. The van der Waals surface area contributed by atoms with Crippen LogP contribution in [-0.2, 0) is 10.2 Å². The zero-order chi connectivity index (χ0) is 11.7. The molecular weight excluding hydrogens is 208 g/mol. The molecule has 3 rings (SSSR count). The number of hydrogen-bond donors (Lipinski definition) is 0. The molecular formula is C16H16O. The fraction of sp³-hybridized carbons (Fsp3) is 0.250. The molecule has 2 aromatic rings. The van der Waals surface area contributed by atoms with E-state index in [2.05, 4.69) is 55.5 Å².